The van der Waals surface area contributed by atoms with Crippen molar-refractivity contribution in [1.82, 2.24) is 19.7 Å². The van der Waals surface area contributed by atoms with Crippen LogP contribution >= 0.6 is 0 Å². The summed E-state index contributed by atoms with van der Waals surface area (Å²) in [4.78, 5) is 11.4. The number of hydrogen-bond acceptors (Lipinski definition) is 6. The number of rotatable bonds is 3. The quantitative estimate of drug-likeness (QED) is 0.554. The Bertz CT molecular complexity index is 1340. The van der Waals surface area contributed by atoms with Gasteiger partial charge in [0.2, 0.25) is 5.95 Å². The van der Waals surface area contributed by atoms with E-state index >= 15 is 0 Å². The molecule has 4 aromatic rings. The van der Waals surface area contributed by atoms with Crippen molar-refractivity contribution in [2.75, 3.05) is 18.0 Å². The maximum atomic E-state index is 14.4. The second-order valence-electron chi connectivity index (χ2n) is 7.81. The number of hydrogen-bond donors (Lipinski definition) is 1. The molecule has 1 saturated heterocycles. The third kappa shape index (κ3) is 3.49. The Labute approximate surface area is 178 Å². The van der Waals surface area contributed by atoms with Crippen molar-refractivity contribution < 1.29 is 4.39 Å². The van der Waals surface area contributed by atoms with Gasteiger partial charge in [0.1, 0.15) is 11.9 Å². The van der Waals surface area contributed by atoms with Crippen LogP contribution in [0.25, 0.3) is 33.3 Å². The van der Waals surface area contributed by atoms with Gasteiger partial charge in [0.15, 0.2) is 0 Å². The van der Waals surface area contributed by atoms with Crippen LogP contribution < -0.4 is 10.6 Å². The van der Waals surface area contributed by atoms with E-state index in [4.69, 9.17) is 16.0 Å². The molecular formula is C23H20FN7. The zero-order valence-corrected chi connectivity index (χ0v) is 17.0. The van der Waals surface area contributed by atoms with Gasteiger partial charge in [0.05, 0.1) is 16.8 Å². The van der Waals surface area contributed by atoms with Crippen LogP contribution in [0.3, 0.4) is 0 Å². The van der Waals surface area contributed by atoms with Gasteiger partial charge in [-0.2, -0.15) is 10.4 Å². The lowest BCUT2D eigenvalue weighted by Gasteiger charge is -2.18. The molecule has 0 bridgehead atoms. The van der Waals surface area contributed by atoms with Gasteiger partial charge in [-0.25, -0.2) is 14.4 Å². The largest absolute Gasteiger partial charge is 0.339 e. The minimum Gasteiger partial charge on any atom is -0.339 e. The first-order chi connectivity index (χ1) is 15.0. The molecule has 1 unspecified atom stereocenters. The summed E-state index contributed by atoms with van der Waals surface area (Å²) < 4.78 is 16.2. The van der Waals surface area contributed by atoms with Crippen LogP contribution in [0.4, 0.5) is 10.3 Å². The summed E-state index contributed by atoms with van der Waals surface area (Å²) in [6.07, 6.45) is 4.60. The molecule has 8 heteroatoms. The predicted octanol–water partition coefficient (Wildman–Crippen LogP) is 3.25. The molecule has 1 fully saturated rings. The van der Waals surface area contributed by atoms with E-state index in [1.54, 1.807) is 16.9 Å². The highest BCUT2D eigenvalue weighted by atomic mass is 19.1. The molecule has 3 heterocycles. The summed E-state index contributed by atoms with van der Waals surface area (Å²) in [7, 11) is 1.88. The topological polar surface area (TPSA) is 96.6 Å². The van der Waals surface area contributed by atoms with Crippen LogP contribution in [0.5, 0.6) is 0 Å². The summed E-state index contributed by atoms with van der Waals surface area (Å²) in [6, 6.07) is 12.4. The molecule has 2 aromatic carbocycles. The van der Waals surface area contributed by atoms with Crippen LogP contribution in [-0.2, 0) is 7.05 Å². The molecule has 0 amide bonds. The van der Waals surface area contributed by atoms with Crippen molar-refractivity contribution in [1.29, 1.82) is 5.26 Å². The van der Waals surface area contributed by atoms with E-state index in [2.05, 4.69) is 10.1 Å². The number of nitrogens with zero attached hydrogens (tertiary/aromatic N) is 6. The number of halogens is 1. The molecule has 1 aliphatic rings. The van der Waals surface area contributed by atoms with E-state index in [-0.39, 0.29) is 11.6 Å². The van der Waals surface area contributed by atoms with Gasteiger partial charge in [-0.1, -0.05) is 12.1 Å². The second-order valence-corrected chi connectivity index (χ2v) is 7.81. The third-order valence-corrected chi connectivity index (χ3v) is 5.58. The average molecular weight is 413 g/mol. The van der Waals surface area contributed by atoms with Crippen molar-refractivity contribution in [2.24, 2.45) is 12.8 Å². The van der Waals surface area contributed by atoms with Gasteiger partial charge in [0.25, 0.3) is 0 Å². The fraction of sp³-hybridized carbons (Fsp3) is 0.217. The predicted molar refractivity (Wildman–Crippen MR) is 117 cm³/mol. The Balaban J connectivity index is 1.67. The summed E-state index contributed by atoms with van der Waals surface area (Å²) in [5.74, 6) is -0.00376. The average Bonchev–Trinajstić information content (AvgIpc) is 3.37. The number of nitrogens with two attached hydrogens (primary N) is 1. The molecule has 1 aliphatic heterocycles. The molecule has 2 N–H and O–H groups in total. The van der Waals surface area contributed by atoms with Crippen LogP contribution in [0.2, 0.25) is 0 Å². The van der Waals surface area contributed by atoms with Crippen molar-refractivity contribution in [3.8, 4) is 28.5 Å². The van der Waals surface area contributed by atoms with E-state index in [1.165, 1.54) is 12.1 Å². The van der Waals surface area contributed by atoms with Crippen LogP contribution in [-0.4, -0.2) is 38.9 Å². The fourth-order valence-corrected chi connectivity index (χ4v) is 3.99. The van der Waals surface area contributed by atoms with Crippen molar-refractivity contribution in [3.05, 3.63) is 60.2 Å². The highest BCUT2D eigenvalue weighted by molar-refractivity contribution is 5.88. The fourth-order valence-electron chi connectivity index (χ4n) is 3.99. The molecule has 1 atom stereocenters. The van der Waals surface area contributed by atoms with Gasteiger partial charge in [-0.15, -0.1) is 0 Å². The van der Waals surface area contributed by atoms with E-state index in [1.807, 2.05) is 42.4 Å². The van der Waals surface area contributed by atoms with Crippen molar-refractivity contribution >= 4 is 16.9 Å². The Hall–Kier alpha value is -3.83. The molecule has 5 rings (SSSR count). The lowest BCUT2D eigenvalue weighted by Crippen LogP contribution is -2.27. The lowest BCUT2D eigenvalue weighted by molar-refractivity contribution is 0.624. The maximum absolute atomic E-state index is 14.4. The molecule has 0 saturated carbocycles. The SMILES string of the molecule is Cn1cc2cc(-c3cnc(N4CCC(N)C4)nc3-c3ccc(C#N)c(F)c3)ccc2n1. The van der Waals surface area contributed by atoms with Gasteiger partial charge in [0, 0.05) is 55.1 Å². The first-order valence-corrected chi connectivity index (χ1v) is 10.0. The van der Waals surface area contributed by atoms with Gasteiger partial charge in [-0.3, -0.25) is 4.68 Å². The molecule has 7 nitrogen and oxygen atoms in total. The first kappa shape index (κ1) is 19.2. The number of nitriles is 1. The highest BCUT2D eigenvalue weighted by Crippen LogP contribution is 2.34. The van der Waals surface area contributed by atoms with Gasteiger partial charge >= 0.3 is 0 Å². The molecule has 0 radical (unpaired) electrons. The highest BCUT2D eigenvalue weighted by Gasteiger charge is 2.23. The van der Waals surface area contributed by atoms with Crippen LogP contribution in [0.15, 0.2) is 48.8 Å². The number of aryl methyl sites for hydroxylation is 1. The van der Waals surface area contributed by atoms with E-state index < -0.39 is 5.82 Å². The van der Waals surface area contributed by atoms with E-state index in [0.29, 0.717) is 23.8 Å². The monoisotopic (exact) mass is 413 g/mol. The first-order valence-electron chi connectivity index (χ1n) is 10.0. The van der Waals surface area contributed by atoms with E-state index in [9.17, 15) is 4.39 Å². The molecule has 0 aliphatic carbocycles. The Morgan fingerprint density at radius 1 is 1.19 bits per heavy atom. The summed E-state index contributed by atoms with van der Waals surface area (Å²) >= 11 is 0. The molecule has 0 spiro atoms. The van der Waals surface area contributed by atoms with Gasteiger partial charge in [-0.05, 0) is 36.2 Å². The molecular weight excluding hydrogens is 393 g/mol. The number of anilines is 1. The normalized spacial score (nSPS) is 16.1. The molecule has 2 aromatic heterocycles. The Morgan fingerprint density at radius 3 is 2.77 bits per heavy atom. The zero-order chi connectivity index (χ0) is 21.5. The molecule has 154 valence electrons. The number of aromatic nitrogens is 4. The van der Waals surface area contributed by atoms with Crippen LogP contribution in [0.1, 0.15) is 12.0 Å². The number of fused-ring (bicyclic) bond motifs is 1. The van der Waals surface area contributed by atoms with E-state index in [0.717, 1.165) is 35.0 Å². The Morgan fingerprint density at radius 2 is 2.03 bits per heavy atom. The number of benzene rings is 2. The maximum Gasteiger partial charge on any atom is 0.225 e. The summed E-state index contributed by atoms with van der Waals surface area (Å²) in [5, 5.41) is 14.5. The zero-order valence-electron chi connectivity index (χ0n) is 17.0. The summed E-state index contributed by atoms with van der Waals surface area (Å²) in [6.45, 7) is 1.46. The van der Waals surface area contributed by atoms with Gasteiger partial charge < -0.3 is 10.6 Å². The molecule has 31 heavy (non-hydrogen) atoms. The second kappa shape index (κ2) is 7.45. The lowest BCUT2D eigenvalue weighted by atomic mass is 9.99. The van der Waals surface area contributed by atoms with Crippen LogP contribution in [0, 0.1) is 17.1 Å². The van der Waals surface area contributed by atoms with Crippen molar-refractivity contribution in [3.63, 3.8) is 0 Å². The summed E-state index contributed by atoms with van der Waals surface area (Å²) in [5.41, 5.74) is 9.83. The minimum absolute atomic E-state index is 0.00174. The third-order valence-electron chi connectivity index (χ3n) is 5.58. The van der Waals surface area contributed by atoms with Crippen molar-refractivity contribution in [2.45, 2.75) is 12.5 Å². The Kier molecular flexibility index (Phi) is 4.60. The standard InChI is InChI=1S/C23H20FN7/c1-30-12-17-8-14(4-5-21(17)29-30)19-11-27-23(31-7-6-18(26)13-31)28-22(19)15-2-3-16(10-25)20(24)9-15/h2-5,8-9,11-12,18H,6-7,13,26H2,1H3. The smallest absolute Gasteiger partial charge is 0.225 e. The minimum atomic E-state index is -0.572.